The number of amides is 3. The number of aromatic nitrogens is 1. The number of rotatable bonds is 5. The quantitative estimate of drug-likeness (QED) is 0.576. The van der Waals surface area contributed by atoms with Crippen molar-refractivity contribution >= 4 is 29.1 Å². The summed E-state index contributed by atoms with van der Waals surface area (Å²) in [6.07, 6.45) is 9.93. The zero-order valence-electron chi connectivity index (χ0n) is 20.7. The summed E-state index contributed by atoms with van der Waals surface area (Å²) in [6, 6.07) is 4.90. The third-order valence-electron chi connectivity index (χ3n) is 8.02. The van der Waals surface area contributed by atoms with E-state index in [1.165, 1.54) is 12.7 Å². The minimum atomic E-state index is -0.686. The first kappa shape index (κ1) is 24.5. The molecular weight excluding hydrogens is 460 g/mol. The highest BCUT2D eigenvalue weighted by atomic mass is 16.5. The van der Waals surface area contributed by atoms with Crippen molar-refractivity contribution in [2.75, 3.05) is 23.8 Å². The van der Waals surface area contributed by atoms with Crippen LogP contribution >= 0.6 is 0 Å². The van der Waals surface area contributed by atoms with E-state index in [-0.39, 0.29) is 23.6 Å². The van der Waals surface area contributed by atoms with Gasteiger partial charge in [0.2, 0.25) is 11.8 Å². The van der Waals surface area contributed by atoms with Crippen molar-refractivity contribution < 1.29 is 23.6 Å². The second-order valence-electron chi connectivity index (χ2n) is 10.3. The van der Waals surface area contributed by atoms with Crippen molar-refractivity contribution in [2.45, 2.75) is 76.2 Å². The van der Waals surface area contributed by atoms with Gasteiger partial charge in [-0.1, -0.05) is 43.3 Å². The molecule has 5 rings (SSSR count). The fraction of sp³-hybridized carbons (Fsp3) is 0.556. The van der Waals surface area contributed by atoms with Crippen LogP contribution in [0, 0.1) is 12.8 Å². The summed E-state index contributed by atoms with van der Waals surface area (Å²) in [7, 11) is 0. The number of carbonyl (C=O) groups excluding carboxylic acids is 3. The van der Waals surface area contributed by atoms with Crippen LogP contribution in [0.2, 0.25) is 0 Å². The Bertz CT molecular complexity index is 1130. The standard InChI is InChI=1S/C27H34N4O5/c1-17-20(16-36-31-17)24(32)30-23(18-7-5-3-2-4-6-8-18)25(33)28-19-9-10-21-22(15-19)29-26(34)27(21)11-13-35-14-12-27/h9-10,15-16,18,23H,2-8,11-14H2,1H3,(H,28,33)(H,29,34)(H,30,32). The van der Waals surface area contributed by atoms with E-state index >= 15 is 0 Å². The largest absolute Gasteiger partial charge is 0.381 e. The van der Waals surface area contributed by atoms with Gasteiger partial charge in [0, 0.05) is 24.6 Å². The van der Waals surface area contributed by atoms with Crippen LogP contribution in [0.5, 0.6) is 0 Å². The van der Waals surface area contributed by atoms with Crippen molar-refractivity contribution in [1.82, 2.24) is 10.5 Å². The molecule has 1 aliphatic carbocycles. The van der Waals surface area contributed by atoms with Gasteiger partial charge in [-0.25, -0.2) is 0 Å². The van der Waals surface area contributed by atoms with Crippen molar-refractivity contribution in [2.24, 2.45) is 5.92 Å². The van der Waals surface area contributed by atoms with Crippen molar-refractivity contribution in [3.8, 4) is 0 Å². The van der Waals surface area contributed by atoms with Crippen LogP contribution < -0.4 is 16.0 Å². The van der Waals surface area contributed by atoms with Gasteiger partial charge in [0.05, 0.1) is 11.1 Å². The average Bonchev–Trinajstić information content (AvgIpc) is 3.39. The van der Waals surface area contributed by atoms with Gasteiger partial charge >= 0.3 is 0 Å². The third kappa shape index (κ3) is 4.76. The minimum Gasteiger partial charge on any atom is -0.381 e. The zero-order valence-corrected chi connectivity index (χ0v) is 20.7. The molecule has 3 heterocycles. The Morgan fingerprint density at radius 2 is 1.83 bits per heavy atom. The van der Waals surface area contributed by atoms with E-state index < -0.39 is 11.5 Å². The van der Waals surface area contributed by atoms with E-state index in [1.807, 2.05) is 18.2 Å². The van der Waals surface area contributed by atoms with E-state index in [0.29, 0.717) is 43.0 Å². The number of benzene rings is 1. The monoisotopic (exact) mass is 494 g/mol. The summed E-state index contributed by atoms with van der Waals surface area (Å²) in [5.74, 6) is -0.589. The molecule has 1 saturated heterocycles. The van der Waals surface area contributed by atoms with Gasteiger partial charge < -0.3 is 25.2 Å². The van der Waals surface area contributed by atoms with Crippen LogP contribution in [0.25, 0.3) is 0 Å². The lowest BCUT2D eigenvalue weighted by Gasteiger charge is -2.31. The third-order valence-corrected chi connectivity index (χ3v) is 8.02. The Balaban J connectivity index is 1.36. The SMILES string of the molecule is Cc1nocc1C(=O)NC(C(=O)Nc1ccc2c(c1)NC(=O)C21CCOCC1)C1CCCCCCC1. The Hall–Kier alpha value is -3.20. The molecule has 3 aliphatic rings. The summed E-state index contributed by atoms with van der Waals surface area (Å²) in [5.41, 5.74) is 2.55. The van der Waals surface area contributed by atoms with E-state index in [2.05, 4.69) is 21.1 Å². The highest BCUT2D eigenvalue weighted by molar-refractivity contribution is 6.07. The highest BCUT2D eigenvalue weighted by Gasteiger charge is 2.47. The number of fused-ring (bicyclic) bond motifs is 2. The van der Waals surface area contributed by atoms with Gasteiger partial charge in [0.1, 0.15) is 17.9 Å². The van der Waals surface area contributed by atoms with Gasteiger partial charge in [-0.3, -0.25) is 14.4 Å². The maximum Gasteiger partial charge on any atom is 0.257 e. The lowest BCUT2D eigenvalue weighted by molar-refractivity contribution is -0.124. The maximum absolute atomic E-state index is 13.6. The van der Waals surface area contributed by atoms with E-state index in [9.17, 15) is 14.4 Å². The molecule has 2 fully saturated rings. The fourth-order valence-electron chi connectivity index (χ4n) is 5.89. The molecule has 1 saturated carbocycles. The number of nitrogens with zero attached hydrogens (tertiary/aromatic N) is 1. The normalized spacial score (nSPS) is 20.6. The Labute approximate surface area is 210 Å². The molecule has 3 amide bonds. The molecule has 3 N–H and O–H groups in total. The molecule has 1 aromatic heterocycles. The van der Waals surface area contributed by atoms with Crippen LogP contribution in [-0.2, 0) is 19.7 Å². The van der Waals surface area contributed by atoms with Crippen LogP contribution in [0.4, 0.5) is 11.4 Å². The number of ether oxygens (including phenoxy) is 1. The fourth-order valence-corrected chi connectivity index (χ4v) is 5.89. The first-order valence-corrected chi connectivity index (χ1v) is 13.0. The van der Waals surface area contributed by atoms with Gasteiger partial charge in [0.25, 0.3) is 5.91 Å². The first-order chi connectivity index (χ1) is 17.5. The van der Waals surface area contributed by atoms with E-state index in [1.54, 1.807) is 6.92 Å². The van der Waals surface area contributed by atoms with Crippen LogP contribution in [-0.4, -0.2) is 42.1 Å². The highest BCUT2D eigenvalue weighted by Crippen LogP contribution is 2.45. The first-order valence-electron chi connectivity index (χ1n) is 13.0. The lowest BCUT2D eigenvalue weighted by Crippen LogP contribution is -2.48. The number of hydrogen-bond acceptors (Lipinski definition) is 6. The molecule has 0 radical (unpaired) electrons. The Morgan fingerprint density at radius 3 is 2.53 bits per heavy atom. The molecular formula is C27H34N4O5. The van der Waals surface area contributed by atoms with E-state index in [0.717, 1.165) is 49.8 Å². The number of hydrogen-bond donors (Lipinski definition) is 3. The molecule has 1 unspecified atom stereocenters. The molecule has 1 atom stereocenters. The van der Waals surface area contributed by atoms with Crippen molar-refractivity contribution in [1.29, 1.82) is 0 Å². The number of aryl methyl sites for hydroxylation is 1. The summed E-state index contributed by atoms with van der Waals surface area (Å²) >= 11 is 0. The minimum absolute atomic E-state index is 0.00646. The number of carbonyl (C=O) groups is 3. The Morgan fingerprint density at radius 1 is 1.11 bits per heavy atom. The zero-order chi connectivity index (χ0) is 25.1. The molecule has 9 nitrogen and oxygen atoms in total. The smallest absolute Gasteiger partial charge is 0.257 e. The second kappa shape index (κ2) is 10.4. The molecule has 9 heteroatoms. The molecule has 192 valence electrons. The topological polar surface area (TPSA) is 123 Å². The van der Waals surface area contributed by atoms with Crippen LogP contribution in [0.15, 0.2) is 29.0 Å². The molecule has 2 aromatic rings. The summed E-state index contributed by atoms with van der Waals surface area (Å²) in [4.78, 5) is 39.5. The van der Waals surface area contributed by atoms with Gasteiger partial charge in [-0.05, 0) is 56.2 Å². The average molecular weight is 495 g/mol. The van der Waals surface area contributed by atoms with Crippen molar-refractivity contribution in [3.05, 3.63) is 41.3 Å². The lowest BCUT2D eigenvalue weighted by atomic mass is 9.75. The predicted octanol–water partition coefficient (Wildman–Crippen LogP) is 4.08. The molecule has 1 spiro atoms. The van der Waals surface area contributed by atoms with Crippen molar-refractivity contribution in [3.63, 3.8) is 0 Å². The summed E-state index contributed by atoms with van der Waals surface area (Å²) in [6.45, 7) is 2.81. The predicted molar refractivity (Wildman–Crippen MR) is 134 cm³/mol. The maximum atomic E-state index is 13.6. The second-order valence-corrected chi connectivity index (χ2v) is 10.3. The number of nitrogens with one attached hydrogen (secondary N) is 3. The van der Waals surface area contributed by atoms with Crippen LogP contribution in [0.3, 0.4) is 0 Å². The van der Waals surface area contributed by atoms with Gasteiger partial charge in [0.15, 0.2) is 0 Å². The van der Waals surface area contributed by atoms with Gasteiger partial charge in [-0.2, -0.15) is 0 Å². The molecule has 1 aromatic carbocycles. The number of anilines is 2. The molecule has 2 aliphatic heterocycles. The van der Waals surface area contributed by atoms with Gasteiger partial charge in [-0.15, -0.1) is 0 Å². The summed E-state index contributed by atoms with van der Waals surface area (Å²) in [5, 5.41) is 12.8. The molecule has 0 bridgehead atoms. The van der Waals surface area contributed by atoms with Crippen LogP contribution in [0.1, 0.15) is 79.4 Å². The van der Waals surface area contributed by atoms with E-state index in [4.69, 9.17) is 9.26 Å². The Kier molecular flexibility index (Phi) is 7.09. The summed E-state index contributed by atoms with van der Waals surface area (Å²) < 4.78 is 10.4. The molecule has 36 heavy (non-hydrogen) atoms.